The van der Waals surface area contributed by atoms with Crippen molar-refractivity contribution in [2.75, 3.05) is 26.4 Å². The number of nitrogens with one attached hydrogen (secondary N) is 1. The fourth-order valence-electron chi connectivity index (χ4n) is 6.80. The number of hydrogen-bond acceptors (Lipinski definition) is 13. The van der Waals surface area contributed by atoms with Gasteiger partial charge in [0.2, 0.25) is 11.3 Å². The highest BCUT2D eigenvalue weighted by molar-refractivity contribution is 5.90. The highest BCUT2D eigenvalue weighted by Gasteiger charge is 2.48. The average molecular weight is 696 g/mol. The molecule has 0 aliphatic carbocycles. The second-order valence-corrected chi connectivity index (χ2v) is 13.5. The van der Waals surface area contributed by atoms with Crippen LogP contribution in [0, 0.1) is 6.92 Å². The lowest BCUT2D eigenvalue weighted by Gasteiger charge is -2.42. The van der Waals surface area contributed by atoms with Crippen LogP contribution in [0.3, 0.4) is 0 Å². The number of quaternary nitrogens is 1. The molecule has 0 fully saturated rings. The molecule has 0 saturated heterocycles. The van der Waals surface area contributed by atoms with E-state index in [0.29, 0.717) is 58.7 Å². The second kappa shape index (κ2) is 14.3. The van der Waals surface area contributed by atoms with Crippen LogP contribution in [0.15, 0.2) is 74.1 Å². The summed E-state index contributed by atoms with van der Waals surface area (Å²) in [4.78, 5) is 30.2. The first-order chi connectivity index (χ1) is 23.9. The number of phenolic OH excluding ortho intramolecular Hbond substituents is 1. The summed E-state index contributed by atoms with van der Waals surface area (Å²) in [5.41, 5.74) is 0.401. The molecule has 6 rings (SSSR count). The van der Waals surface area contributed by atoms with E-state index in [1.54, 1.807) is 26.1 Å². The van der Waals surface area contributed by atoms with Gasteiger partial charge in [-0.1, -0.05) is 12.1 Å². The van der Waals surface area contributed by atoms with Crippen LogP contribution in [-0.2, 0) is 22.6 Å². The van der Waals surface area contributed by atoms with Crippen LogP contribution >= 0.6 is 0 Å². The fourth-order valence-corrected chi connectivity index (χ4v) is 6.80. The average Bonchev–Trinajstić information content (AvgIpc) is 3.70. The van der Waals surface area contributed by atoms with Gasteiger partial charge in [0.1, 0.15) is 72.2 Å². The number of hydrogen-bond donors (Lipinski definition) is 8. The quantitative estimate of drug-likeness (QED) is 0.0828. The van der Waals surface area contributed by atoms with E-state index < -0.39 is 48.8 Å². The Bertz CT molecular complexity index is 1870. The van der Waals surface area contributed by atoms with Crippen molar-refractivity contribution in [2.24, 2.45) is 4.99 Å². The number of benzene rings is 2. The van der Waals surface area contributed by atoms with Crippen molar-refractivity contribution in [2.45, 2.75) is 75.1 Å². The normalized spacial score (nSPS) is 24.2. The highest BCUT2D eigenvalue weighted by atomic mass is 17.2. The molecular formula is C36H43N2O12+. The van der Waals surface area contributed by atoms with Crippen LogP contribution in [-0.4, -0.2) is 104 Å². The SMILES string of the molecule is Cc1cc(=O)c2cc3c(c([NH+]4C=C5N=CC=C5C4)c2o1)OC(C)(CCCO)C(OOCC(O)(Cc1ccc(O)cc1)C(O)C(O)C(O)CO)C3. The van der Waals surface area contributed by atoms with Gasteiger partial charge in [-0.3, -0.25) is 14.7 Å². The maximum absolute atomic E-state index is 13.3. The van der Waals surface area contributed by atoms with Gasteiger partial charge in [0.15, 0.2) is 11.2 Å². The molecule has 8 N–H and O–H groups in total. The summed E-state index contributed by atoms with van der Waals surface area (Å²) in [5.74, 6) is 0.927. The van der Waals surface area contributed by atoms with Crippen molar-refractivity contribution in [3.8, 4) is 11.5 Å². The lowest BCUT2D eigenvalue weighted by Crippen LogP contribution is -3.01. The van der Waals surface area contributed by atoms with E-state index in [-0.39, 0.29) is 30.6 Å². The molecule has 7 unspecified atom stereocenters. The molecule has 3 aliphatic rings. The second-order valence-electron chi connectivity index (χ2n) is 13.5. The first-order valence-electron chi connectivity index (χ1n) is 16.5. The van der Waals surface area contributed by atoms with E-state index in [0.717, 1.165) is 16.2 Å². The molecule has 2 aromatic carbocycles. The Morgan fingerprint density at radius 2 is 1.92 bits per heavy atom. The number of nitrogens with zero attached hydrogens (tertiary/aromatic N) is 1. The van der Waals surface area contributed by atoms with Crippen LogP contribution in [0.25, 0.3) is 11.0 Å². The molecule has 0 radical (unpaired) electrons. The summed E-state index contributed by atoms with van der Waals surface area (Å²) >= 11 is 0. The zero-order valence-corrected chi connectivity index (χ0v) is 27.8. The molecule has 0 amide bonds. The monoisotopic (exact) mass is 695 g/mol. The van der Waals surface area contributed by atoms with Crippen molar-refractivity contribution < 1.29 is 59.6 Å². The number of aliphatic imine (C=N–C) groups is 1. The Balaban J connectivity index is 1.33. The van der Waals surface area contributed by atoms with Crippen molar-refractivity contribution in [1.82, 2.24) is 0 Å². The fraction of sp³-hybridized carbons (Fsp3) is 0.444. The van der Waals surface area contributed by atoms with Gasteiger partial charge in [-0.2, -0.15) is 0 Å². The molecule has 4 heterocycles. The molecule has 1 aromatic heterocycles. The summed E-state index contributed by atoms with van der Waals surface area (Å²) in [7, 11) is 0. The third-order valence-electron chi connectivity index (χ3n) is 9.65. The van der Waals surface area contributed by atoms with Crippen molar-refractivity contribution >= 4 is 22.9 Å². The van der Waals surface area contributed by atoms with Crippen LogP contribution in [0.4, 0.5) is 5.69 Å². The van der Waals surface area contributed by atoms with Gasteiger partial charge >= 0.3 is 0 Å². The molecule has 7 atom stereocenters. The first kappa shape index (κ1) is 35.9. The third kappa shape index (κ3) is 6.99. The smallest absolute Gasteiger partial charge is 0.222 e. The first-order valence-corrected chi connectivity index (χ1v) is 16.5. The zero-order chi connectivity index (χ0) is 35.8. The Hall–Kier alpha value is -3.96. The predicted molar refractivity (Wildman–Crippen MR) is 179 cm³/mol. The van der Waals surface area contributed by atoms with Crippen LogP contribution < -0.4 is 15.1 Å². The van der Waals surface area contributed by atoms with Crippen LogP contribution in [0.5, 0.6) is 11.5 Å². The van der Waals surface area contributed by atoms with E-state index in [2.05, 4.69) is 4.99 Å². The summed E-state index contributed by atoms with van der Waals surface area (Å²) in [6, 6.07) is 8.92. The molecule has 50 heavy (non-hydrogen) atoms. The number of ether oxygens (including phenoxy) is 1. The van der Waals surface area contributed by atoms with Crippen molar-refractivity contribution in [3.63, 3.8) is 0 Å². The Morgan fingerprint density at radius 1 is 1.16 bits per heavy atom. The van der Waals surface area contributed by atoms with Gasteiger partial charge in [-0.25, -0.2) is 9.78 Å². The minimum atomic E-state index is -2.25. The largest absolute Gasteiger partial charge is 0.508 e. The third-order valence-corrected chi connectivity index (χ3v) is 9.65. The van der Waals surface area contributed by atoms with Crippen LogP contribution in [0.1, 0.15) is 36.7 Å². The van der Waals surface area contributed by atoms with Gasteiger partial charge in [-0.05, 0) is 56.5 Å². The minimum absolute atomic E-state index is 0.0202. The number of aliphatic hydroxyl groups is 6. The van der Waals surface area contributed by atoms with Crippen LogP contribution in [0.2, 0.25) is 0 Å². The standard InChI is InChI=1S/C36H42N2O12/c1-20-12-27(42)25-13-23-14-29(50-47-19-36(46,34(45)31(44)28(43)18-40)15-21-4-6-24(41)7-5-21)35(2,9-3-11-39)49-32(23)30(33(25)48-20)38-16-22-8-10-37-26(22)17-38/h4-8,10,12-13,17,28-29,31,34,39-41,43-46H,3,9,11,14-16,18-19H2,1-2H3/p+1. The molecule has 3 aliphatic heterocycles. The van der Waals surface area contributed by atoms with Gasteiger partial charge in [-0.15, -0.1) is 0 Å². The Kier molecular flexibility index (Phi) is 10.3. The van der Waals surface area contributed by atoms with Gasteiger partial charge in [0.25, 0.3) is 0 Å². The molecule has 14 heteroatoms. The molecular weight excluding hydrogens is 652 g/mol. The zero-order valence-electron chi connectivity index (χ0n) is 27.8. The summed E-state index contributed by atoms with van der Waals surface area (Å²) in [6.45, 7) is 2.37. The number of allylic oxidation sites excluding steroid dienone is 1. The highest BCUT2D eigenvalue weighted by Crippen LogP contribution is 2.44. The maximum atomic E-state index is 13.3. The molecule has 268 valence electrons. The Morgan fingerprint density at radius 3 is 2.62 bits per heavy atom. The summed E-state index contributed by atoms with van der Waals surface area (Å²) in [6.07, 6.45) is -0.374. The van der Waals surface area contributed by atoms with Gasteiger partial charge in [0, 0.05) is 42.9 Å². The molecule has 14 nitrogen and oxygen atoms in total. The number of aromatic hydroxyl groups is 1. The topological polar surface area (TPSA) is 216 Å². The maximum Gasteiger partial charge on any atom is 0.222 e. The van der Waals surface area contributed by atoms with E-state index in [4.69, 9.17) is 18.9 Å². The van der Waals surface area contributed by atoms with E-state index in [9.17, 15) is 40.5 Å². The number of rotatable bonds is 14. The molecule has 3 aromatic rings. The predicted octanol–water partition coefficient (Wildman–Crippen LogP) is 0.0209. The number of aliphatic hydroxyl groups excluding tert-OH is 5. The number of fused-ring (bicyclic) bond motifs is 3. The van der Waals surface area contributed by atoms with Gasteiger partial charge < -0.3 is 44.9 Å². The van der Waals surface area contributed by atoms with E-state index in [1.165, 1.54) is 30.3 Å². The molecule has 0 bridgehead atoms. The van der Waals surface area contributed by atoms with E-state index in [1.807, 2.05) is 12.3 Å². The Labute approximate surface area is 287 Å². The lowest BCUT2D eigenvalue weighted by atomic mass is 9.85. The summed E-state index contributed by atoms with van der Waals surface area (Å²) < 4.78 is 13.0. The lowest BCUT2D eigenvalue weighted by molar-refractivity contribution is -0.763. The molecule has 0 spiro atoms. The minimum Gasteiger partial charge on any atom is -0.508 e. The van der Waals surface area contributed by atoms with Crippen molar-refractivity contribution in [3.05, 3.63) is 87.1 Å². The molecule has 0 saturated carbocycles. The van der Waals surface area contributed by atoms with Crippen molar-refractivity contribution in [1.29, 1.82) is 0 Å². The van der Waals surface area contributed by atoms with E-state index >= 15 is 0 Å². The van der Waals surface area contributed by atoms with Gasteiger partial charge in [0.05, 0.1) is 12.0 Å². The number of phenols is 1. The summed E-state index contributed by atoms with van der Waals surface area (Å²) in [5, 5.41) is 72.5. The number of aryl methyl sites for hydroxylation is 1.